The molecule has 94 valence electrons. The summed E-state index contributed by atoms with van der Waals surface area (Å²) in [5.74, 6) is 0.940. The van der Waals surface area contributed by atoms with Gasteiger partial charge in [-0.15, -0.1) is 0 Å². The maximum Gasteiger partial charge on any atom is 0.0659 e. The summed E-state index contributed by atoms with van der Waals surface area (Å²) >= 11 is 0. The number of hydrogen-bond donors (Lipinski definition) is 1. The molecule has 0 spiro atoms. The van der Waals surface area contributed by atoms with Crippen LogP contribution < -0.4 is 5.73 Å². The zero-order valence-electron chi connectivity index (χ0n) is 10.7. The van der Waals surface area contributed by atoms with Crippen LogP contribution in [0, 0.1) is 5.92 Å². The number of hydrogen-bond acceptors (Lipinski definition) is 2. The highest BCUT2D eigenvalue weighted by molar-refractivity contribution is 5.24. The van der Waals surface area contributed by atoms with E-state index in [1.807, 2.05) is 0 Å². The molecule has 0 saturated heterocycles. The molecule has 1 saturated carbocycles. The first kappa shape index (κ1) is 12.6. The number of benzene rings is 1. The van der Waals surface area contributed by atoms with Gasteiger partial charge >= 0.3 is 0 Å². The van der Waals surface area contributed by atoms with E-state index in [-0.39, 0.29) is 6.04 Å². The zero-order chi connectivity index (χ0) is 12.1. The Morgan fingerprint density at radius 3 is 2.59 bits per heavy atom. The molecule has 0 aliphatic heterocycles. The second-order valence-corrected chi connectivity index (χ2v) is 5.01. The fraction of sp³-hybridized carbons (Fsp3) is 0.600. The summed E-state index contributed by atoms with van der Waals surface area (Å²) in [5, 5.41) is 0. The van der Waals surface area contributed by atoms with Gasteiger partial charge < -0.3 is 10.5 Å². The van der Waals surface area contributed by atoms with Gasteiger partial charge in [0.05, 0.1) is 12.6 Å². The summed E-state index contributed by atoms with van der Waals surface area (Å²) in [6.45, 7) is 3.67. The molecule has 1 aromatic rings. The Morgan fingerprint density at radius 1 is 1.29 bits per heavy atom. The fourth-order valence-electron chi connectivity index (χ4n) is 1.96. The van der Waals surface area contributed by atoms with Crippen molar-refractivity contribution < 1.29 is 4.74 Å². The molecular formula is C15H23NO. The van der Waals surface area contributed by atoms with Crippen LogP contribution >= 0.6 is 0 Å². The molecule has 0 amide bonds. The molecule has 1 atom stereocenters. The predicted octanol–water partition coefficient (Wildman–Crippen LogP) is 3.07. The topological polar surface area (TPSA) is 35.2 Å². The summed E-state index contributed by atoms with van der Waals surface area (Å²) in [4.78, 5) is 0. The third-order valence-corrected chi connectivity index (χ3v) is 3.48. The molecule has 0 heterocycles. The molecule has 1 fully saturated rings. The van der Waals surface area contributed by atoms with Crippen molar-refractivity contribution in [2.45, 2.75) is 38.6 Å². The van der Waals surface area contributed by atoms with Crippen LogP contribution in [0.2, 0.25) is 0 Å². The lowest BCUT2D eigenvalue weighted by Crippen LogP contribution is -2.17. The number of rotatable bonds is 7. The Bertz CT molecular complexity index is 329. The van der Waals surface area contributed by atoms with E-state index in [1.165, 1.54) is 30.4 Å². The van der Waals surface area contributed by atoms with Gasteiger partial charge in [0.1, 0.15) is 0 Å². The van der Waals surface area contributed by atoms with Gasteiger partial charge in [-0.25, -0.2) is 0 Å². The minimum atomic E-state index is 0.0140. The molecule has 2 nitrogen and oxygen atoms in total. The van der Waals surface area contributed by atoms with Crippen LogP contribution in [0.5, 0.6) is 0 Å². The van der Waals surface area contributed by atoms with Gasteiger partial charge in [-0.2, -0.15) is 0 Å². The van der Waals surface area contributed by atoms with E-state index < -0.39 is 0 Å². The molecule has 17 heavy (non-hydrogen) atoms. The minimum absolute atomic E-state index is 0.0140. The van der Waals surface area contributed by atoms with Crippen LogP contribution in [-0.4, -0.2) is 13.2 Å². The average Bonchev–Trinajstić information content (AvgIpc) is 3.18. The number of ether oxygens (including phenoxy) is 1. The highest BCUT2D eigenvalue weighted by Crippen LogP contribution is 2.32. The standard InChI is InChI=1S/C15H23NO/c1-2-12-5-7-14(8-6-12)15(16)11-17-10-9-13-3-4-13/h5-8,13,15H,2-4,9-11,16H2,1H3. The predicted molar refractivity (Wildman–Crippen MR) is 70.9 cm³/mol. The quantitative estimate of drug-likeness (QED) is 0.735. The molecule has 1 aliphatic carbocycles. The van der Waals surface area contributed by atoms with E-state index in [1.54, 1.807) is 0 Å². The summed E-state index contributed by atoms with van der Waals surface area (Å²) < 4.78 is 5.63. The molecule has 2 rings (SSSR count). The van der Waals surface area contributed by atoms with Crippen molar-refractivity contribution in [1.29, 1.82) is 0 Å². The molecular weight excluding hydrogens is 210 g/mol. The average molecular weight is 233 g/mol. The SMILES string of the molecule is CCc1ccc(C(N)COCCC2CC2)cc1. The Labute approximate surface area is 104 Å². The van der Waals surface area contributed by atoms with E-state index >= 15 is 0 Å². The Balaban J connectivity index is 1.71. The van der Waals surface area contributed by atoms with Crippen LogP contribution in [0.1, 0.15) is 43.4 Å². The zero-order valence-corrected chi connectivity index (χ0v) is 10.7. The smallest absolute Gasteiger partial charge is 0.0659 e. The van der Waals surface area contributed by atoms with Gasteiger partial charge in [0, 0.05) is 6.61 Å². The fourth-order valence-corrected chi connectivity index (χ4v) is 1.96. The highest BCUT2D eigenvalue weighted by atomic mass is 16.5. The molecule has 0 radical (unpaired) electrons. The summed E-state index contributed by atoms with van der Waals surface area (Å²) in [5.41, 5.74) is 8.63. The van der Waals surface area contributed by atoms with Gasteiger partial charge in [-0.1, -0.05) is 44.0 Å². The highest BCUT2D eigenvalue weighted by Gasteiger charge is 2.20. The van der Waals surface area contributed by atoms with Gasteiger partial charge in [-0.3, -0.25) is 0 Å². The maximum absolute atomic E-state index is 6.09. The Kier molecular flexibility index (Phi) is 4.57. The van der Waals surface area contributed by atoms with Crippen LogP contribution in [-0.2, 0) is 11.2 Å². The first-order valence-corrected chi connectivity index (χ1v) is 6.71. The molecule has 1 aliphatic rings. The van der Waals surface area contributed by atoms with E-state index in [0.29, 0.717) is 6.61 Å². The van der Waals surface area contributed by atoms with E-state index in [0.717, 1.165) is 18.9 Å². The van der Waals surface area contributed by atoms with Crippen LogP contribution in [0.15, 0.2) is 24.3 Å². The molecule has 1 aromatic carbocycles. The van der Waals surface area contributed by atoms with Crippen molar-refractivity contribution in [1.82, 2.24) is 0 Å². The maximum atomic E-state index is 6.09. The summed E-state index contributed by atoms with van der Waals surface area (Å²) in [6, 6.07) is 8.56. The van der Waals surface area contributed by atoms with Crippen molar-refractivity contribution in [3.8, 4) is 0 Å². The van der Waals surface area contributed by atoms with E-state index in [2.05, 4.69) is 31.2 Å². The van der Waals surface area contributed by atoms with Crippen molar-refractivity contribution in [3.05, 3.63) is 35.4 Å². The molecule has 0 aromatic heterocycles. The van der Waals surface area contributed by atoms with Crippen molar-refractivity contribution in [2.75, 3.05) is 13.2 Å². The summed E-state index contributed by atoms with van der Waals surface area (Å²) in [6.07, 6.45) is 5.08. The van der Waals surface area contributed by atoms with Gasteiger partial charge in [0.2, 0.25) is 0 Å². The monoisotopic (exact) mass is 233 g/mol. The normalized spacial score (nSPS) is 17.1. The minimum Gasteiger partial charge on any atom is -0.379 e. The first-order valence-electron chi connectivity index (χ1n) is 6.71. The first-order chi connectivity index (χ1) is 8.29. The molecule has 1 unspecified atom stereocenters. The molecule has 0 bridgehead atoms. The second kappa shape index (κ2) is 6.18. The Morgan fingerprint density at radius 2 is 2.00 bits per heavy atom. The lowest BCUT2D eigenvalue weighted by molar-refractivity contribution is 0.115. The lowest BCUT2D eigenvalue weighted by atomic mass is 10.1. The molecule has 2 N–H and O–H groups in total. The number of aryl methyl sites for hydroxylation is 1. The number of nitrogens with two attached hydrogens (primary N) is 1. The summed E-state index contributed by atoms with van der Waals surface area (Å²) in [7, 11) is 0. The van der Waals surface area contributed by atoms with Crippen LogP contribution in [0.25, 0.3) is 0 Å². The van der Waals surface area contributed by atoms with E-state index in [9.17, 15) is 0 Å². The van der Waals surface area contributed by atoms with Gasteiger partial charge in [0.25, 0.3) is 0 Å². The van der Waals surface area contributed by atoms with Crippen molar-refractivity contribution in [3.63, 3.8) is 0 Å². The Hall–Kier alpha value is -0.860. The van der Waals surface area contributed by atoms with Crippen LogP contribution in [0.4, 0.5) is 0 Å². The van der Waals surface area contributed by atoms with Crippen molar-refractivity contribution >= 4 is 0 Å². The van der Waals surface area contributed by atoms with Gasteiger partial charge in [0.15, 0.2) is 0 Å². The van der Waals surface area contributed by atoms with Gasteiger partial charge in [-0.05, 0) is 29.9 Å². The van der Waals surface area contributed by atoms with Crippen molar-refractivity contribution in [2.24, 2.45) is 11.7 Å². The largest absolute Gasteiger partial charge is 0.379 e. The third-order valence-electron chi connectivity index (χ3n) is 3.48. The van der Waals surface area contributed by atoms with Crippen LogP contribution in [0.3, 0.4) is 0 Å². The third kappa shape index (κ3) is 4.14. The molecule has 2 heteroatoms. The van der Waals surface area contributed by atoms with E-state index in [4.69, 9.17) is 10.5 Å². The second-order valence-electron chi connectivity index (χ2n) is 5.01. The lowest BCUT2D eigenvalue weighted by Gasteiger charge is -2.13.